The monoisotopic (exact) mass is 293 g/mol. The Kier molecular flexibility index (Phi) is 4.41. The number of piperidine rings is 1. The highest BCUT2D eigenvalue weighted by atomic mass is 16.6. The summed E-state index contributed by atoms with van der Waals surface area (Å²) in [6, 6.07) is 0.575. The summed E-state index contributed by atoms with van der Waals surface area (Å²) in [4.78, 5) is 14.5. The third-order valence-electron chi connectivity index (χ3n) is 4.08. The number of hydrogen-bond donors (Lipinski definition) is 0. The summed E-state index contributed by atoms with van der Waals surface area (Å²) in [5, 5.41) is 0. The molecule has 120 valence electrons. The van der Waals surface area contributed by atoms with Gasteiger partial charge in [0, 0.05) is 6.04 Å². The van der Waals surface area contributed by atoms with Crippen LogP contribution in [0, 0.1) is 5.41 Å². The maximum absolute atomic E-state index is 12.5. The quantitative estimate of drug-likeness (QED) is 0.643. The van der Waals surface area contributed by atoms with E-state index in [9.17, 15) is 4.79 Å². The van der Waals surface area contributed by atoms with E-state index in [0.717, 1.165) is 25.7 Å². The maximum atomic E-state index is 12.5. The molecule has 3 nitrogen and oxygen atoms in total. The zero-order chi connectivity index (χ0) is 15.8. The lowest BCUT2D eigenvalue weighted by Crippen LogP contribution is -2.53. The Morgan fingerprint density at radius 2 is 1.90 bits per heavy atom. The van der Waals surface area contributed by atoms with Crippen LogP contribution >= 0.6 is 0 Å². The topological polar surface area (TPSA) is 29.5 Å². The van der Waals surface area contributed by atoms with Crippen LogP contribution in [0.4, 0.5) is 4.79 Å². The van der Waals surface area contributed by atoms with E-state index in [1.807, 2.05) is 25.7 Å². The van der Waals surface area contributed by atoms with Crippen molar-refractivity contribution >= 4 is 6.09 Å². The van der Waals surface area contributed by atoms with Gasteiger partial charge in [0.15, 0.2) is 0 Å². The van der Waals surface area contributed by atoms with Crippen LogP contribution in [0.2, 0.25) is 0 Å². The zero-order valence-electron chi connectivity index (χ0n) is 14.5. The van der Waals surface area contributed by atoms with Gasteiger partial charge in [0.2, 0.25) is 0 Å². The first-order valence-corrected chi connectivity index (χ1v) is 8.26. The van der Waals surface area contributed by atoms with Gasteiger partial charge in [-0.2, -0.15) is 0 Å². The highest BCUT2D eigenvalue weighted by Gasteiger charge is 2.39. The van der Waals surface area contributed by atoms with Crippen molar-refractivity contribution in [2.24, 2.45) is 5.41 Å². The fourth-order valence-electron chi connectivity index (χ4n) is 3.53. The fraction of sp³-hybridized carbons (Fsp3) is 0.833. The number of carbonyl (C=O) groups excluding carboxylic acids is 1. The zero-order valence-corrected chi connectivity index (χ0v) is 14.5. The summed E-state index contributed by atoms with van der Waals surface area (Å²) in [6.45, 7) is 12.7. The van der Waals surface area contributed by atoms with E-state index in [2.05, 4.69) is 26.8 Å². The number of fused-ring (bicyclic) bond motifs is 2. The summed E-state index contributed by atoms with van der Waals surface area (Å²) in [5.74, 6) is 0. The van der Waals surface area contributed by atoms with Gasteiger partial charge in [0.25, 0.3) is 0 Å². The maximum Gasteiger partial charge on any atom is 0.411 e. The Balaban J connectivity index is 2.14. The summed E-state index contributed by atoms with van der Waals surface area (Å²) < 4.78 is 5.61. The molecule has 0 spiro atoms. The first-order chi connectivity index (χ1) is 9.55. The second-order valence-electron chi connectivity index (χ2n) is 8.81. The Labute approximate surface area is 129 Å². The van der Waals surface area contributed by atoms with Gasteiger partial charge >= 0.3 is 6.09 Å². The van der Waals surface area contributed by atoms with Crippen molar-refractivity contribution < 1.29 is 9.53 Å². The lowest BCUT2D eigenvalue weighted by atomic mass is 9.79. The van der Waals surface area contributed by atoms with Crippen molar-refractivity contribution in [3.05, 3.63) is 11.6 Å². The molecule has 2 aliphatic rings. The van der Waals surface area contributed by atoms with Gasteiger partial charge in [0.05, 0.1) is 6.04 Å². The van der Waals surface area contributed by atoms with Crippen LogP contribution in [0.1, 0.15) is 73.6 Å². The van der Waals surface area contributed by atoms with E-state index in [1.165, 1.54) is 12.0 Å². The molecule has 0 saturated carbocycles. The molecule has 2 aliphatic heterocycles. The second kappa shape index (κ2) is 5.66. The Morgan fingerprint density at radius 1 is 1.24 bits per heavy atom. The van der Waals surface area contributed by atoms with Crippen LogP contribution in [-0.4, -0.2) is 28.7 Å². The average Bonchev–Trinajstić information content (AvgIpc) is 2.22. The van der Waals surface area contributed by atoms with Gasteiger partial charge in [-0.15, -0.1) is 0 Å². The highest BCUT2D eigenvalue weighted by Crippen LogP contribution is 2.38. The summed E-state index contributed by atoms with van der Waals surface area (Å²) in [6.07, 6.45) is 7.75. The molecule has 1 fully saturated rings. The van der Waals surface area contributed by atoms with Crippen molar-refractivity contribution in [3.8, 4) is 0 Å². The van der Waals surface area contributed by atoms with E-state index < -0.39 is 5.60 Å². The molecule has 2 unspecified atom stereocenters. The minimum Gasteiger partial charge on any atom is -0.444 e. The first kappa shape index (κ1) is 16.4. The fourth-order valence-corrected chi connectivity index (χ4v) is 3.53. The van der Waals surface area contributed by atoms with E-state index in [4.69, 9.17) is 4.74 Å². The van der Waals surface area contributed by atoms with Gasteiger partial charge < -0.3 is 4.74 Å². The molecule has 0 radical (unpaired) electrons. The lowest BCUT2D eigenvalue weighted by Gasteiger charge is -2.45. The molecular weight excluding hydrogens is 262 g/mol. The van der Waals surface area contributed by atoms with Crippen LogP contribution in [0.15, 0.2) is 11.6 Å². The van der Waals surface area contributed by atoms with Crippen LogP contribution in [0.5, 0.6) is 0 Å². The molecule has 1 amide bonds. The number of ether oxygens (including phenoxy) is 1. The number of nitrogens with zero attached hydrogens (tertiary/aromatic N) is 1. The van der Waals surface area contributed by atoms with E-state index >= 15 is 0 Å². The van der Waals surface area contributed by atoms with Gasteiger partial charge in [-0.05, 0) is 58.3 Å². The normalized spacial score (nSPS) is 26.4. The summed E-state index contributed by atoms with van der Waals surface area (Å²) in [7, 11) is 0. The molecule has 2 bridgehead atoms. The van der Waals surface area contributed by atoms with E-state index in [1.54, 1.807) is 0 Å². The standard InChI is InChI=1S/C18H31NO2/c1-17(2,3)12-13-10-14-8-7-9-15(11-13)19(14)16(20)21-18(4,5)6/h10,14-15H,7-9,11-12H2,1-6H3. The molecule has 0 N–H and O–H groups in total. The molecular formula is C18H31NO2. The van der Waals surface area contributed by atoms with Crippen LogP contribution in [-0.2, 0) is 4.74 Å². The number of carbonyl (C=O) groups is 1. The van der Waals surface area contributed by atoms with E-state index in [0.29, 0.717) is 11.5 Å². The minimum atomic E-state index is -0.416. The average molecular weight is 293 g/mol. The molecule has 2 rings (SSSR count). The van der Waals surface area contributed by atoms with Crippen molar-refractivity contribution in [3.63, 3.8) is 0 Å². The SMILES string of the molecule is CC(C)(C)CC1=CC2CCCC(C1)N2C(=O)OC(C)(C)C. The minimum absolute atomic E-state index is 0.136. The molecule has 2 heterocycles. The van der Waals surface area contributed by atoms with Gasteiger partial charge in [0.1, 0.15) is 5.60 Å². The van der Waals surface area contributed by atoms with Gasteiger partial charge in [-0.25, -0.2) is 4.79 Å². The molecule has 0 aromatic carbocycles. The molecule has 2 atom stereocenters. The van der Waals surface area contributed by atoms with E-state index in [-0.39, 0.29) is 12.1 Å². The van der Waals surface area contributed by atoms with Crippen molar-refractivity contribution in [2.75, 3.05) is 0 Å². The van der Waals surface area contributed by atoms with Crippen molar-refractivity contribution in [2.45, 2.75) is 91.3 Å². The lowest BCUT2D eigenvalue weighted by molar-refractivity contribution is -0.00178. The van der Waals surface area contributed by atoms with Crippen LogP contribution in [0.25, 0.3) is 0 Å². The molecule has 3 heteroatoms. The number of amides is 1. The summed E-state index contributed by atoms with van der Waals surface area (Å²) in [5.41, 5.74) is 1.42. The molecule has 1 saturated heterocycles. The third-order valence-corrected chi connectivity index (χ3v) is 4.08. The predicted molar refractivity (Wildman–Crippen MR) is 86.3 cm³/mol. The molecule has 0 aromatic heterocycles. The Bertz CT molecular complexity index is 425. The van der Waals surface area contributed by atoms with Crippen molar-refractivity contribution in [1.82, 2.24) is 4.90 Å². The van der Waals surface area contributed by atoms with Crippen molar-refractivity contribution in [1.29, 1.82) is 0 Å². The molecule has 21 heavy (non-hydrogen) atoms. The number of rotatable bonds is 1. The molecule has 0 aliphatic carbocycles. The van der Waals surface area contributed by atoms with Crippen LogP contribution in [0.3, 0.4) is 0 Å². The third kappa shape index (κ3) is 4.49. The Hall–Kier alpha value is -0.990. The first-order valence-electron chi connectivity index (χ1n) is 8.26. The predicted octanol–water partition coefficient (Wildman–Crippen LogP) is 4.91. The summed E-state index contributed by atoms with van der Waals surface area (Å²) >= 11 is 0. The molecule has 0 aromatic rings. The van der Waals surface area contributed by atoms with Crippen LogP contribution < -0.4 is 0 Å². The highest BCUT2D eigenvalue weighted by molar-refractivity contribution is 5.70. The smallest absolute Gasteiger partial charge is 0.411 e. The second-order valence-corrected chi connectivity index (χ2v) is 8.81. The van der Waals surface area contributed by atoms with Gasteiger partial charge in [-0.1, -0.05) is 32.4 Å². The Morgan fingerprint density at radius 3 is 2.43 bits per heavy atom. The largest absolute Gasteiger partial charge is 0.444 e. The number of hydrogen-bond acceptors (Lipinski definition) is 2. The van der Waals surface area contributed by atoms with Gasteiger partial charge in [-0.3, -0.25) is 4.90 Å².